The number of nitrogens with one attached hydrogen (secondary N) is 1. The van der Waals surface area contributed by atoms with Crippen molar-refractivity contribution in [3.63, 3.8) is 0 Å². The molecule has 2 aliphatic rings. The third-order valence-electron chi connectivity index (χ3n) is 5.69. The van der Waals surface area contributed by atoms with E-state index in [4.69, 9.17) is 19.2 Å². The molecule has 2 amide bonds. The van der Waals surface area contributed by atoms with Crippen LogP contribution < -0.4 is 14.8 Å². The normalized spacial score (nSPS) is 17.8. The van der Waals surface area contributed by atoms with E-state index in [2.05, 4.69) is 14.9 Å². The maximum atomic E-state index is 12.9. The first-order valence-corrected chi connectivity index (χ1v) is 10.5. The minimum Gasteiger partial charge on any atom is -0.486 e. The fraction of sp³-hybridized carbons (Fsp3) is 0.409. The van der Waals surface area contributed by atoms with E-state index in [0.717, 1.165) is 23.4 Å². The molecular weight excluding hydrogens is 398 g/mol. The summed E-state index contributed by atoms with van der Waals surface area (Å²) in [4.78, 5) is 24.0. The van der Waals surface area contributed by atoms with Crippen LogP contribution in [0.4, 0.5) is 10.5 Å². The third kappa shape index (κ3) is 3.88. The standard InChI is InChI=1S/C22H25N5O4/c1-29-10-9-27-20(25-17-3-2-7-23-21(17)27)15-6-8-26(14-15)22(28)24-16-4-5-18-19(13-16)31-12-11-30-18/h2-5,7,13,15H,6,8-12,14H2,1H3,(H,24,28)/t15-/m0/s1. The topological polar surface area (TPSA) is 90.7 Å². The Morgan fingerprint density at radius 2 is 2.13 bits per heavy atom. The maximum absolute atomic E-state index is 12.9. The Balaban J connectivity index is 1.30. The minimum atomic E-state index is -0.128. The molecule has 0 bridgehead atoms. The van der Waals surface area contributed by atoms with Crippen molar-refractivity contribution in [1.82, 2.24) is 19.4 Å². The van der Waals surface area contributed by atoms with Gasteiger partial charge in [-0.25, -0.2) is 14.8 Å². The lowest BCUT2D eigenvalue weighted by molar-refractivity contribution is 0.171. The highest BCUT2D eigenvalue weighted by atomic mass is 16.6. The fourth-order valence-electron chi connectivity index (χ4n) is 4.17. The van der Waals surface area contributed by atoms with Crippen LogP contribution in [0.5, 0.6) is 11.5 Å². The Bertz CT molecular complexity index is 1100. The van der Waals surface area contributed by atoms with E-state index in [1.54, 1.807) is 19.4 Å². The molecule has 0 aliphatic carbocycles. The number of fused-ring (bicyclic) bond motifs is 2. The molecule has 1 aromatic carbocycles. The number of pyridine rings is 1. The average Bonchev–Trinajstić information content (AvgIpc) is 3.42. The van der Waals surface area contributed by atoms with Gasteiger partial charge in [-0.2, -0.15) is 0 Å². The Morgan fingerprint density at radius 3 is 3.00 bits per heavy atom. The van der Waals surface area contributed by atoms with Crippen molar-refractivity contribution in [3.8, 4) is 11.5 Å². The van der Waals surface area contributed by atoms with Crippen LogP contribution in [-0.2, 0) is 11.3 Å². The Hall–Kier alpha value is -3.33. The van der Waals surface area contributed by atoms with E-state index in [9.17, 15) is 4.79 Å². The number of hydrogen-bond acceptors (Lipinski definition) is 6. The molecule has 1 N–H and O–H groups in total. The number of likely N-dealkylation sites (tertiary alicyclic amines) is 1. The van der Waals surface area contributed by atoms with Gasteiger partial charge >= 0.3 is 6.03 Å². The van der Waals surface area contributed by atoms with Crippen molar-refractivity contribution in [1.29, 1.82) is 0 Å². The first-order chi connectivity index (χ1) is 15.2. The molecule has 0 spiro atoms. The molecule has 31 heavy (non-hydrogen) atoms. The maximum Gasteiger partial charge on any atom is 0.321 e. The van der Waals surface area contributed by atoms with E-state index in [-0.39, 0.29) is 11.9 Å². The molecule has 9 heteroatoms. The zero-order valence-corrected chi connectivity index (χ0v) is 17.4. The number of rotatable bonds is 5. The predicted molar refractivity (Wildman–Crippen MR) is 115 cm³/mol. The smallest absolute Gasteiger partial charge is 0.321 e. The molecule has 1 fully saturated rings. The summed E-state index contributed by atoms with van der Waals surface area (Å²) in [6.45, 7) is 3.58. The second-order valence-corrected chi connectivity index (χ2v) is 7.68. The number of carbonyl (C=O) groups is 1. The lowest BCUT2D eigenvalue weighted by Gasteiger charge is -2.21. The van der Waals surface area contributed by atoms with Gasteiger partial charge in [-0.05, 0) is 30.7 Å². The summed E-state index contributed by atoms with van der Waals surface area (Å²) in [5.74, 6) is 2.47. The monoisotopic (exact) mass is 423 g/mol. The van der Waals surface area contributed by atoms with Crippen LogP contribution in [0, 0.1) is 0 Å². The first kappa shape index (κ1) is 19.6. The van der Waals surface area contributed by atoms with Gasteiger partial charge in [-0.1, -0.05) is 0 Å². The van der Waals surface area contributed by atoms with Crippen LogP contribution in [-0.4, -0.2) is 65.5 Å². The van der Waals surface area contributed by atoms with E-state index < -0.39 is 0 Å². The summed E-state index contributed by atoms with van der Waals surface area (Å²) in [5, 5.41) is 2.97. The van der Waals surface area contributed by atoms with Gasteiger partial charge in [-0.15, -0.1) is 0 Å². The van der Waals surface area contributed by atoms with E-state index in [1.807, 2.05) is 29.2 Å². The average molecular weight is 423 g/mol. The number of ether oxygens (including phenoxy) is 3. The second-order valence-electron chi connectivity index (χ2n) is 7.68. The number of benzene rings is 1. The molecule has 2 aliphatic heterocycles. The highest BCUT2D eigenvalue weighted by molar-refractivity contribution is 5.90. The van der Waals surface area contributed by atoms with Crippen LogP contribution in [0.25, 0.3) is 11.2 Å². The largest absolute Gasteiger partial charge is 0.486 e. The summed E-state index contributed by atoms with van der Waals surface area (Å²) in [7, 11) is 1.69. The van der Waals surface area contributed by atoms with Crippen LogP contribution in [0.3, 0.4) is 0 Å². The van der Waals surface area contributed by atoms with Crippen LogP contribution in [0.2, 0.25) is 0 Å². The molecule has 2 aromatic heterocycles. The van der Waals surface area contributed by atoms with Gasteiger partial charge in [0.2, 0.25) is 0 Å². The van der Waals surface area contributed by atoms with Crippen LogP contribution in [0.1, 0.15) is 18.2 Å². The Morgan fingerprint density at radius 1 is 1.26 bits per heavy atom. The van der Waals surface area contributed by atoms with Gasteiger partial charge in [0.1, 0.15) is 24.6 Å². The summed E-state index contributed by atoms with van der Waals surface area (Å²) in [6, 6.07) is 9.18. The number of nitrogens with zero attached hydrogens (tertiary/aromatic N) is 4. The minimum absolute atomic E-state index is 0.128. The van der Waals surface area contributed by atoms with E-state index in [1.165, 1.54) is 0 Å². The number of imidazole rings is 1. The lowest BCUT2D eigenvalue weighted by Crippen LogP contribution is -2.33. The number of methoxy groups -OCH3 is 1. The zero-order valence-electron chi connectivity index (χ0n) is 17.4. The van der Waals surface area contributed by atoms with Crippen molar-refractivity contribution in [2.45, 2.75) is 18.9 Å². The van der Waals surface area contributed by atoms with Crippen molar-refractivity contribution >= 4 is 22.9 Å². The molecule has 3 aromatic rings. The summed E-state index contributed by atoms with van der Waals surface area (Å²) >= 11 is 0. The molecule has 0 unspecified atom stereocenters. The third-order valence-corrected chi connectivity index (χ3v) is 5.69. The number of aromatic nitrogens is 3. The second kappa shape index (κ2) is 8.43. The van der Waals surface area contributed by atoms with Gasteiger partial charge in [0, 0.05) is 50.6 Å². The SMILES string of the molecule is COCCn1c([C@H]2CCN(C(=O)Nc3ccc4c(c3)OCCO4)C2)nc2cccnc21. The molecule has 1 saturated heterocycles. The van der Waals surface area contributed by atoms with E-state index in [0.29, 0.717) is 56.6 Å². The lowest BCUT2D eigenvalue weighted by atomic mass is 10.1. The highest BCUT2D eigenvalue weighted by Crippen LogP contribution is 2.33. The summed E-state index contributed by atoms with van der Waals surface area (Å²) in [6.07, 6.45) is 2.63. The molecule has 162 valence electrons. The molecule has 5 rings (SSSR count). The number of anilines is 1. The van der Waals surface area contributed by atoms with Crippen LogP contribution >= 0.6 is 0 Å². The molecule has 0 radical (unpaired) electrons. The van der Waals surface area contributed by atoms with Crippen molar-refractivity contribution in [2.75, 3.05) is 45.3 Å². The van der Waals surface area contributed by atoms with Gasteiger partial charge in [0.15, 0.2) is 17.1 Å². The van der Waals surface area contributed by atoms with Gasteiger partial charge in [-0.3, -0.25) is 0 Å². The van der Waals surface area contributed by atoms with E-state index >= 15 is 0 Å². The predicted octanol–water partition coefficient (Wildman–Crippen LogP) is 2.87. The number of amides is 2. The van der Waals surface area contributed by atoms with Crippen molar-refractivity contribution in [2.24, 2.45) is 0 Å². The molecule has 0 saturated carbocycles. The van der Waals surface area contributed by atoms with Gasteiger partial charge in [0.05, 0.1) is 6.61 Å². The Kier molecular flexibility index (Phi) is 5.33. The highest BCUT2D eigenvalue weighted by Gasteiger charge is 2.31. The fourth-order valence-corrected chi connectivity index (χ4v) is 4.17. The van der Waals surface area contributed by atoms with Crippen molar-refractivity contribution < 1.29 is 19.0 Å². The number of carbonyl (C=O) groups excluding carboxylic acids is 1. The van der Waals surface area contributed by atoms with Crippen LogP contribution in [0.15, 0.2) is 36.5 Å². The summed E-state index contributed by atoms with van der Waals surface area (Å²) < 4.78 is 18.5. The zero-order chi connectivity index (χ0) is 21.2. The molecule has 1 atom stereocenters. The number of hydrogen-bond donors (Lipinski definition) is 1. The first-order valence-electron chi connectivity index (χ1n) is 10.5. The quantitative estimate of drug-likeness (QED) is 0.679. The summed E-state index contributed by atoms with van der Waals surface area (Å²) in [5.41, 5.74) is 2.41. The molecule has 4 heterocycles. The molecule has 9 nitrogen and oxygen atoms in total. The molecular formula is C22H25N5O4. The van der Waals surface area contributed by atoms with Crippen molar-refractivity contribution in [3.05, 3.63) is 42.4 Å². The van der Waals surface area contributed by atoms with Gasteiger partial charge < -0.3 is 29.0 Å². The van der Waals surface area contributed by atoms with Gasteiger partial charge in [0.25, 0.3) is 0 Å². The number of urea groups is 1. The Labute approximate surface area is 179 Å².